The van der Waals surface area contributed by atoms with Gasteiger partial charge in [-0.05, 0) is 32.9 Å². The first-order chi connectivity index (χ1) is 11.8. The van der Waals surface area contributed by atoms with Crippen molar-refractivity contribution in [2.75, 3.05) is 13.2 Å². The first-order valence-corrected chi connectivity index (χ1v) is 9.31. The second-order valence-corrected chi connectivity index (χ2v) is 7.49. The molecule has 2 heterocycles. The Labute approximate surface area is 146 Å². The maximum Gasteiger partial charge on any atom is 0.268 e. The number of rotatable bonds is 3. The monoisotopic (exact) mass is 365 g/mol. The van der Waals surface area contributed by atoms with Gasteiger partial charge in [-0.3, -0.25) is 4.79 Å². The third kappa shape index (κ3) is 3.34. The molecule has 1 aromatic heterocycles. The highest BCUT2D eigenvalue weighted by atomic mass is 32.2. The van der Waals surface area contributed by atoms with E-state index in [-0.39, 0.29) is 10.5 Å². The molecule has 8 heteroatoms. The summed E-state index contributed by atoms with van der Waals surface area (Å²) in [7, 11) is -4.05. The quantitative estimate of drug-likeness (QED) is 0.898. The lowest BCUT2D eigenvalue weighted by atomic mass is 10.1. The molecule has 1 aromatic carbocycles. The molecule has 0 radical (unpaired) electrons. The Balaban J connectivity index is 1.89. The molecule has 134 valence electrons. The zero-order valence-electron chi connectivity index (χ0n) is 14.2. The summed E-state index contributed by atoms with van der Waals surface area (Å²) < 4.78 is 43.6. The lowest BCUT2D eigenvalue weighted by molar-refractivity contribution is 0.0979. The summed E-state index contributed by atoms with van der Waals surface area (Å²) in [6.07, 6.45) is 0.714. The number of sulfonamides is 1. The molecule has 1 amide bonds. The maximum atomic E-state index is 12.6. The number of nitrogens with one attached hydrogen (secondary N) is 1. The zero-order valence-corrected chi connectivity index (χ0v) is 15.0. The average molecular weight is 365 g/mol. The van der Waals surface area contributed by atoms with Crippen molar-refractivity contribution in [3.05, 3.63) is 40.8 Å². The second kappa shape index (κ2) is 6.44. The maximum absolute atomic E-state index is 12.6. The smallest absolute Gasteiger partial charge is 0.268 e. The Hall–Kier alpha value is -2.48. The number of fused-ring (bicyclic) bond motifs is 1. The van der Waals surface area contributed by atoms with Gasteiger partial charge in [0.25, 0.3) is 15.9 Å². The molecule has 0 fully saturated rings. The largest absolute Gasteiger partial charge is 0.490 e. The van der Waals surface area contributed by atoms with Gasteiger partial charge in [-0.1, -0.05) is 0 Å². The van der Waals surface area contributed by atoms with Gasteiger partial charge in [0, 0.05) is 18.1 Å². The number of benzene rings is 1. The minimum Gasteiger partial charge on any atom is -0.490 e. The van der Waals surface area contributed by atoms with Crippen LogP contribution in [0.3, 0.4) is 0 Å². The molecular weight excluding hydrogens is 346 g/mol. The summed E-state index contributed by atoms with van der Waals surface area (Å²) in [6, 6.07) is 4.26. The molecule has 2 aromatic rings. The van der Waals surface area contributed by atoms with Gasteiger partial charge in [0.15, 0.2) is 11.5 Å². The van der Waals surface area contributed by atoms with Crippen molar-refractivity contribution in [3.8, 4) is 11.5 Å². The van der Waals surface area contributed by atoms with Crippen molar-refractivity contribution in [1.82, 2.24) is 4.72 Å². The van der Waals surface area contributed by atoms with Crippen LogP contribution < -0.4 is 14.2 Å². The van der Waals surface area contributed by atoms with Crippen LogP contribution in [-0.2, 0) is 10.0 Å². The lowest BCUT2D eigenvalue weighted by Gasteiger charge is -2.11. The first-order valence-electron chi connectivity index (χ1n) is 7.83. The van der Waals surface area contributed by atoms with E-state index in [0.29, 0.717) is 48.2 Å². The number of ether oxygens (including phenoxy) is 2. The van der Waals surface area contributed by atoms with Crippen molar-refractivity contribution >= 4 is 15.9 Å². The van der Waals surface area contributed by atoms with Crippen molar-refractivity contribution in [1.29, 1.82) is 0 Å². The summed E-state index contributed by atoms with van der Waals surface area (Å²) >= 11 is 0. The fourth-order valence-electron chi connectivity index (χ4n) is 2.67. The van der Waals surface area contributed by atoms with Crippen LogP contribution in [0.2, 0.25) is 0 Å². The lowest BCUT2D eigenvalue weighted by Crippen LogP contribution is -2.31. The Morgan fingerprint density at radius 2 is 1.72 bits per heavy atom. The molecule has 25 heavy (non-hydrogen) atoms. The summed E-state index contributed by atoms with van der Waals surface area (Å²) in [6.45, 7) is 6.00. The number of furan rings is 1. The minimum absolute atomic E-state index is 0.0689. The van der Waals surface area contributed by atoms with Crippen LogP contribution in [0.1, 0.15) is 33.9 Å². The van der Waals surface area contributed by atoms with E-state index < -0.39 is 15.9 Å². The van der Waals surface area contributed by atoms with Gasteiger partial charge >= 0.3 is 0 Å². The molecular formula is C17H19NO6S. The van der Waals surface area contributed by atoms with E-state index in [1.54, 1.807) is 20.8 Å². The predicted molar refractivity (Wildman–Crippen MR) is 89.6 cm³/mol. The second-order valence-electron chi connectivity index (χ2n) is 5.81. The fraction of sp³-hybridized carbons (Fsp3) is 0.353. The van der Waals surface area contributed by atoms with Gasteiger partial charge in [0.05, 0.1) is 23.7 Å². The van der Waals surface area contributed by atoms with Crippen molar-refractivity contribution in [3.63, 3.8) is 0 Å². The highest BCUT2D eigenvalue weighted by molar-refractivity contribution is 7.90. The zero-order chi connectivity index (χ0) is 18.2. The molecule has 1 N–H and O–H groups in total. The Kier molecular flexibility index (Phi) is 4.47. The molecule has 0 bridgehead atoms. The predicted octanol–water partition coefficient (Wildman–Crippen LogP) is 2.48. The standard InChI is InChI=1S/C17H19NO6S/c1-10-11(2)24-12(3)16(10)17(19)18-25(20,21)13-5-6-14-15(9-13)23-8-4-7-22-14/h5-6,9H,4,7-8H2,1-3H3,(H,18,19). The van der Waals surface area contributed by atoms with Crippen molar-refractivity contribution in [2.24, 2.45) is 0 Å². The van der Waals surface area contributed by atoms with Crippen LogP contribution >= 0.6 is 0 Å². The molecule has 3 rings (SSSR count). The number of hydrogen-bond donors (Lipinski definition) is 1. The molecule has 1 aliphatic rings. The van der Waals surface area contributed by atoms with E-state index >= 15 is 0 Å². The summed E-state index contributed by atoms with van der Waals surface area (Å²) in [4.78, 5) is 12.4. The van der Waals surface area contributed by atoms with Crippen LogP contribution in [0.15, 0.2) is 27.5 Å². The summed E-state index contributed by atoms with van der Waals surface area (Å²) in [5.74, 6) is 1.07. The van der Waals surface area contributed by atoms with Gasteiger partial charge < -0.3 is 13.9 Å². The highest BCUT2D eigenvalue weighted by Gasteiger charge is 2.25. The topological polar surface area (TPSA) is 94.8 Å². The summed E-state index contributed by atoms with van der Waals surface area (Å²) in [5, 5.41) is 0. The van der Waals surface area contributed by atoms with Crippen molar-refractivity contribution < 1.29 is 27.1 Å². The van der Waals surface area contributed by atoms with Crippen LogP contribution in [0.25, 0.3) is 0 Å². The molecule has 0 spiro atoms. The SMILES string of the molecule is Cc1oc(C)c(C(=O)NS(=O)(=O)c2ccc3c(c2)OCCCO3)c1C. The molecule has 0 saturated heterocycles. The molecule has 7 nitrogen and oxygen atoms in total. The van der Waals surface area contributed by atoms with Gasteiger partial charge in [-0.25, -0.2) is 13.1 Å². The van der Waals surface area contributed by atoms with Crippen LogP contribution in [0, 0.1) is 20.8 Å². The summed E-state index contributed by atoms with van der Waals surface area (Å²) in [5.41, 5.74) is 0.847. The van der Waals surface area contributed by atoms with E-state index in [9.17, 15) is 13.2 Å². The third-order valence-electron chi connectivity index (χ3n) is 4.04. The minimum atomic E-state index is -4.05. The first kappa shape index (κ1) is 17.3. The van der Waals surface area contributed by atoms with E-state index in [1.165, 1.54) is 18.2 Å². The molecule has 0 atom stereocenters. The van der Waals surface area contributed by atoms with Gasteiger partial charge in [-0.15, -0.1) is 0 Å². The van der Waals surface area contributed by atoms with Crippen LogP contribution in [0.5, 0.6) is 11.5 Å². The molecule has 0 aliphatic carbocycles. The Bertz CT molecular complexity index is 929. The number of hydrogen-bond acceptors (Lipinski definition) is 6. The number of carbonyl (C=O) groups excluding carboxylic acids is 1. The Morgan fingerprint density at radius 1 is 1.04 bits per heavy atom. The molecule has 0 saturated carbocycles. The highest BCUT2D eigenvalue weighted by Crippen LogP contribution is 2.32. The van der Waals surface area contributed by atoms with E-state index in [4.69, 9.17) is 13.9 Å². The Morgan fingerprint density at radius 3 is 2.36 bits per heavy atom. The third-order valence-corrected chi connectivity index (χ3v) is 5.37. The van der Waals surface area contributed by atoms with Crippen molar-refractivity contribution in [2.45, 2.75) is 32.1 Å². The van der Waals surface area contributed by atoms with Crippen LogP contribution in [0.4, 0.5) is 0 Å². The van der Waals surface area contributed by atoms with Gasteiger partial charge in [0.1, 0.15) is 11.5 Å². The van der Waals surface area contributed by atoms with E-state index in [1.807, 2.05) is 0 Å². The number of aryl methyl sites for hydroxylation is 2. The average Bonchev–Trinajstić information content (AvgIpc) is 2.72. The van der Waals surface area contributed by atoms with Gasteiger partial charge in [-0.2, -0.15) is 0 Å². The normalized spacial score (nSPS) is 14.0. The molecule has 0 unspecified atom stereocenters. The van der Waals surface area contributed by atoms with E-state index in [2.05, 4.69) is 4.72 Å². The fourth-order valence-corrected chi connectivity index (χ4v) is 3.64. The van der Waals surface area contributed by atoms with E-state index in [0.717, 1.165) is 0 Å². The molecule has 1 aliphatic heterocycles. The van der Waals surface area contributed by atoms with Gasteiger partial charge in [0.2, 0.25) is 0 Å². The number of amides is 1. The van der Waals surface area contributed by atoms with Crippen LogP contribution in [-0.4, -0.2) is 27.5 Å². The number of carbonyl (C=O) groups is 1.